The third kappa shape index (κ3) is 4.02. The van der Waals surface area contributed by atoms with E-state index in [1.165, 1.54) is 71.6 Å². The van der Waals surface area contributed by atoms with Crippen molar-refractivity contribution < 1.29 is 0 Å². The molecule has 9 aromatic carbocycles. The van der Waals surface area contributed by atoms with Gasteiger partial charge < -0.3 is 0 Å². The predicted molar refractivity (Wildman–Crippen MR) is 239 cm³/mol. The molecule has 3 heteroatoms. The molecule has 1 spiro atoms. The average Bonchev–Trinajstić information content (AvgIpc) is 3.92. The molecule has 3 nitrogen and oxygen atoms in total. The van der Waals surface area contributed by atoms with E-state index in [2.05, 4.69) is 205 Å². The first kappa shape index (κ1) is 31.6. The van der Waals surface area contributed by atoms with E-state index < -0.39 is 5.41 Å². The zero-order valence-corrected chi connectivity index (χ0v) is 31.4. The van der Waals surface area contributed by atoms with Gasteiger partial charge in [-0.05, 0) is 79.0 Å². The minimum absolute atomic E-state index is 0.572. The van der Waals surface area contributed by atoms with E-state index in [4.69, 9.17) is 9.97 Å². The molecule has 2 aliphatic rings. The summed E-state index contributed by atoms with van der Waals surface area (Å²) in [7, 11) is 0. The molecule has 2 aliphatic carbocycles. The summed E-state index contributed by atoms with van der Waals surface area (Å²) in [6.07, 6.45) is 0. The highest BCUT2D eigenvalue weighted by Crippen LogP contribution is 2.66. The first-order chi connectivity index (χ1) is 28.8. The fourth-order valence-electron chi connectivity index (χ4n) is 10.6. The lowest BCUT2D eigenvalue weighted by Crippen LogP contribution is -2.26. The van der Waals surface area contributed by atoms with Crippen molar-refractivity contribution in [3.63, 3.8) is 0 Å². The zero-order chi connectivity index (χ0) is 38.0. The Morgan fingerprint density at radius 1 is 0.397 bits per heavy atom. The molecule has 2 aromatic heterocycles. The molecule has 58 heavy (non-hydrogen) atoms. The number of fused-ring (bicyclic) bond motifs is 18. The van der Waals surface area contributed by atoms with Gasteiger partial charge in [0, 0.05) is 27.3 Å². The molecule has 0 atom stereocenters. The fraction of sp³-hybridized carbons (Fsp3) is 0.0182. The van der Waals surface area contributed by atoms with E-state index in [-0.39, 0.29) is 0 Å². The molecule has 0 unspecified atom stereocenters. The molecule has 0 fully saturated rings. The highest BCUT2D eigenvalue weighted by molar-refractivity contribution is 6.27. The Bertz CT molecular complexity index is 3480. The lowest BCUT2D eigenvalue weighted by molar-refractivity contribution is 0.796. The number of hydrogen-bond donors (Lipinski definition) is 0. The SMILES string of the molecule is c1ccc(-c2cccc(-c3nc(-n4c5ccccc5c5c6ccccc6c6c(c54)C4(c5ccccc5-c5ccccc54)c4ccccc4-6)nc4ccccc34)c2)cc1. The van der Waals surface area contributed by atoms with Crippen LogP contribution in [0.5, 0.6) is 0 Å². The molecule has 13 rings (SSSR count). The summed E-state index contributed by atoms with van der Waals surface area (Å²) in [5, 5.41) is 5.93. The van der Waals surface area contributed by atoms with Crippen molar-refractivity contribution in [1.82, 2.24) is 14.5 Å². The van der Waals surface area contributed by atoms with Crippen LogP contribution in [0.3, 0.4) is 0 Å². The Kier molecular flexibility index (Phi) is 6.37. The van der Waals surface area contributed by atoms with E-state index >= 15 is 0 Å². The average molecular weight is 736 g/mol. The second-order valence-corrected chi connectivity index (χ2v) is 15.6. The molecule has 0 amide bonds. The third-order valence-electron chi connectivity index (χ3n) is 12.8. The van der Waals surface area contributed by atoms with Gasteiger partial charge in [-0.15, -0.1) is 0 Å². The van der Waals surface area contributed by atoms with E-state index in [0.717, 1.165) is 38.8 Å². The summed E-state index contributed by atoms with van der Waals surface area (Å²) in [5.74, 6) is 0.660. The van der Waals surface area contributed by atoms with Gasteiger partial charge in [0.1, 0.15) is 0 Å². The van der Waals surface area contributed by atoms with Crippen LogP contribution in [0, 0.1) is 0 Å². The molecule has 0 aliphatic heterocycles. The summed E-state index contributed by atoms with van der Waals surface area (Å²) in [6.45, 7) is 0. The second kappa shape index (κ2) is 11.7. The van der Waals surface area contributed by atoms with Gasteiger partial charge in [-0.1, -0.05) is 182 Å². The van der Waals surface area contributed by atoms with Crippen LogP contribution in [0.25, 0.3) is 94.1 Å². The molecule has 11 aromatic rings. The van der Waals surface area contributed by atoms with Gasteiger partial charge in [0.25, 0.3) is 0 Å². The molecule has 2 heterocycles. The molecule has 0 bridgehead atoms. The Morgan fingerprint density at radius 2 is 0.948 bits per heavy atom. The summed E-state index contributed by atoms with van der Waals surface area (Å²) in [6, 6.07) is 72.9. The lowest BCUT2D eigenvalue weighted by atomic mass is 9.70. The van der Waals surface area contributed by atoms with Gasteiger partial charge >= 0.3 is 0 Å². The highest BCUT2D eigenvalue weighted by atomic mass is 15.2. The Balaban J connectivity index is 1.23. The van der Waals surface area contributed by atoms with Gasteiger partial charge in [-0.25, -0.2) is 9.97 Å². The van der Waals surface area contributed by atoms with Crippen LogP contribution in [-0.2, 0) is 5.41 Å². The summed E-state index contributed by atoms with van der Waals surface area (Å²) in [4.78, 5) is 11.2. The minimum atomic E-state index is -0.572. The van der Waals surface area contributed by atoms with Crippen LogP contribution < -0.4 is 0 Å². The van der Waals surface area contributed by atoms with Gasteiger partial charge in [-0.3, -0.25) is 4.57 Å². The zero-order valence-electron chi connectivity index (χ0n) is 31.4. The maximum absolute atomic E-state index is 5.66. The fourth-order valence-corrected chi connectivity index (χ4v) is 10.6. The highest BCUT2D eigenvalue weighted by Gasteiger charge is 2.53. The molecule has 0 radical (unpaired) electrons. The third-order valence-corrected chi connectivity index (χ3v) is 12.8. The predicted octanol–water partition coefficient (Wildman–Crippen LogP) is 13.6. The summed E-state index contributed by atoms with van der Waals surface area (Å²) < 4.78 is 2.39. The van der Waals surface area contributed by atoms with Crippen LogP contribution in [-0.4, -0.2) is 14.5 Å². The number of nitrogens with zero attached hydrogens (tertiary/aromatic N) is 3. The minimum Gasteiger partial charge on any atom is -0.277 e. The van der Waals surface area contributed by atoms with Gasteiger partial charge in [0.05, 0.1) is 27.7 Å². The molecule has 0 N–H and O–H groups in total. The smallest absolute Gasteiger partial charge is 0.235 e. The Labute approximate surface area is 335 Å². The van der Waals surface area contributed by atoms with Crippen LogP contribution in [0.2, 0.25) is 0 Å². The number of benzene rings is 9. The normalized spacial score (nSPS) is 13.3. The first-order valence-electron chi connectivity index (χ1n) is 20.0. The summed E-state index contributed by atoms with van der Waals surface area (Å²) >= 11 is 0. The largest absolute Gasteiger partial charge is 0.277 e. The van der Waals surface area contributed by atoms with Crippen molar-refractivity contribution in [2.75, 3.05) is 0 Å². The van der Waals surface area contributed by atoms with E-state index in [0.29, 0.717) is 5.95 Å². The van der Waals surface area contributed by atoms with Crippen molar-refractivity contribution in [2.45, 2.75) is 5.41 Å². The Morgan fingerprint density at radius 3 is 1.71 bits per heavy atom. The summed E-state index contributed by atoms with van der Waals surface area (Å²) in [5.41, 5.74) is 17.2. The van der Waals surface area contributed by atoms with Crippen molar-refractivity contribution in [1.29, 1.82) is 0 Å². The lowest BCUT2D eigenvalue weighted by Gasteiger charge is -2.31. The van der Waals surface area contributed by atoms with Crippen molar-refractivity contribution in [3.05, 3.63) is 222 Å². The second-order valence-electron chi connectivity index (χ2n) is 15.6. The van der Waals surface area contributed by atoms with Gasteiger partial charge in [0.2, 0.25) is 5.95 Å². The number of rotatable bonds is 3. The molecule has 0 saturated heterocycles. The van der Waals surface area contributed by atoms with E-state index in [1.54, 1.807) is 0 Å². The first-order valence-corrected chi connectivity index (χ1v) is 20.0. The van der Waals surface area contributed by atoms with Gasteiger partial charge in [-0.2, -0.15) is 0 Å². The van der Waals surface area contributed by atoms with Crippen LogP contribution >= 0.6 is 0 Å². The standard InChI is InChI=1S/C55H33N3/c1-2-17-34(18-3-1)35-19-16-20-36(33-35)52-42-26-9-14-31-47(42)56-54(57-52)58-48-32-15-10-27-43(48)50-40-24-5-4-23-39(40)49-41-25-8-13-30-46(41)55(51(49)53(50)58)44-28-11-6-21-37(44)38-22-7-12-29-45(38)55/h1-33H. The monoisotopic (exact) mass is 735 g/mol. The quantitative estimate of drug-likeness (QED) is 0.181. The van der Waals surface area contributed by atoms with Crippen LogP contribution in [0.15, 0.2) is 200 Å². The van der Waals surface area contributed by atoms with Crippen LogP contribution in [0.1, 0.15) is 22.3 Å². The number of hydrogen-bond acceptors (Lipinski definition) is 2. The van der Waals surface area contributed by atoms with Crippen LogP contribution in [0.4, 0.5) is 0 Å². The molecular weight excluding hydrogens is 703 g/mol. The van der Waals surface area contributed by atoms with E-state index in [1.807, 2.05) is 0 Å². The van der Waals surface area contributed by atoms with Gasteiger partial charge in [0.15, 0.2) is 0 Å². The topological polar surface area (TPSA) is 30.7 Å². The molecular formula is C55H33N3. The van der Waals surface area contributed by atoms with Crippen molar-refractivity contribution in [2.24, 2.45) is 0 Å². The molecule has 0 saturated carbocycles. The maximum Gasteiger partial charge on any atom is 0.235 e. The van der Waals surface area contributed by atoms with Crippen molar-refractivity contribution in [3.8, 4) is 50.6 Å². The maximum atomic E-state index is 5.66. The van der Waals surface area contributed by atoms with Crippen molar-refractivity contribution >= 4 is 43.5 Å². The number of para-hydroxylation sites is 2. The molecule has 268 valence electrons. The number of aromatic nitrogens is 3. The Hall–Kier alpha value is -7.62. The van der Waals surface area contributed by atoms with E-state index in [9.17, 15) is 0 Å².